The van der Waals surface area contributed by atoms with Crippen molar-refractivity contribution in [2.45, 2.75) is 52.4 Å². The second-order valence-electron chi connectivity index (χ2n) is 8.19. The van der Waals surface area contributed by atoms with Gasteiger partial charge in [0.15, 0.2) is 0 Å². The third-order valence-corrected chi connectivity index (χ3v) is 4.68. The molecular weight excluding hydrogens is 355 g/mol. The van der Waals surface area contributed by atoms with Gasteiger partial charge in [-0.15, -0.1) is 5.11 Å². The Morgan fingerprint density at radius 2 is 1.44 bits per heavy atom. The Hall–Kier alpha value is -1.58. The summed E-state index contributed by atoms with van der Waals surface area (Å²) in [7, 11) is 0. The summed E-state index contributed by atoms with van der Waals surface area (Å²) >= 11 is 11.9. The standard InChI is InChI=1S/C20H24Cl2N2O/c1-19(2,3)12-9-14(20(4,5)6)18(25)17(10-12)24-23-13-7-8-15(21)16(22)11-13/h7-11,25H,1-6H3. The van der Waals surface area contributed by atoms with Crippen molar-refractivity contribution in [1.82, 2.24) is 0 Å². The van der Waals surface area contributed by atoms with Gasteiger partial charge in [0.2, 0.25) is 0 Å². The van der Waals surface area contributed by atoms with Crippen molar-refractivity contribution in [3.63, 3.8) is 0 Å². The SMILES string of the molecule is CC(C)(C)c1cc(N=Nc2ccc(Cl)c(Cl)c2)c(O)c(C(C)(C)C)c1. The second-order valence-corrected chi connectivity index (χ2v) is 9.00. The summed E-state index contributed by atoms with van der Waals surface area (Å²) in [5, 5.41) is 20.0. The summed E-state index contributed by atoms with van der Waals surface area (Å²) < 4.78 is 0. The molecule has 0 saturated heterocycles. The highest BCUT2D eigenvalue weighted by Gasteiger charge is 2.25. The van der Waals surface area contributed by atoms with Gasteiger partial charge in [-0.1, -0.05) is 70.8 Å². The van der Waals surface area contributed by atoms with Crippen LogP contribution in [-0.2, 0) is 10.8 Å². The molecule has 0 bridgehead atoms. The number of phenols is 1. The van der Waals surface area contributed by atoms with Crippen LogP contribution in [0.2, 0.25) is 10.0 Å². The number of azo groups is 1. The Morgan fingerprint density at radius 3 is 1.96 bits per heavy atom. The van der Waals surface area contributed by atoms with Crippen LogP contribution in [0.25, 0.3) is 0 Å². The maximum atomic E-state index is 10.7. The molecule has 3 nitrogen and oxygen atoms in total. The lowest BCUT2D eigenvalue weighted by molar-refractivity contribution is 0.446. The maximum Gasteiger partial charge on any atom is 0.146 e. The Morgan fingerprint density at radius 1 is 0.800 bits per heavy atom. The highest BCUT2D eigenvalue weighted by molar-refractivity contribution is 6.42. The largest absolute Gasteiger partial charge is 0.505 e. The van der Waals surface area contributed by atoms with Crippen LogP contribution in [0.1, 0.15) is 52.7 Å². The summed E-state index contributed by atoms with van der Waals surface area (Å²) in [6.45, 7) is 12.6. The van der Waals surface area contributed by atoms with Gasteiger partial charge >= 0.3 is 0 Å². The molecule has 134 valence electrons. The van der Waals surface area contributed by atoms with E-state index in [9.17, 15) is 5.11 Å². The van der Waals surface area contributed by atoms with Crippen molar-refractivity contribution < 1.29 is 5.11 Å². The van der Waals surface area contributed by atoms with Gasteiger partial charge in [-0.25, -0.2) is 0 Å². The monoisotopic (exact) mass is 378 g/mol. The van der Waals surface area contributed by atoms with Crippen molar-refractivity contribution in [3.05, 3.63) is 51.5 Å². The predicted molar refractivity (Wildman–Crippen MR) is 106 cm³/mol. The van der Waals surface area contributed by atoms with Crippen LogP contribution < -0.4 is 0 Å². The lowest BCUT2D eigenvalue weighted by Crippen LogP contribution is -2.16. The summed E-state index contributed by atoms with van der Waals surface area (Å²) in [4.78, 5) is 0. The minimum atomic E-state index is -0.209. The number of phenolic OH excluding ortho intramolecular Hbond substituents is 1. The van der Waals surface area contributed by atoms with E-state index in [1.165, 1.54) is 0 Å². The molecule has 0 aliphatic rings. The van der Waals surface area contributed by atoms with Crippen LogP contribution in [0.5, 0.6) is 5.75 Å². The molecule has 0 aliphatic carbocycles. The highest BCUT2D eigenvalue weighted by atomic mass is 35.5. The number of benzene rings is 2. The average Bonchev–Trinajstić information content (AvgIpc) is 2.47. The molecule has 0 aliphatic heterocycles. The third-order valence-electron chi connectivity index (χ3n) is 3.94. The molecule has 2 aromatic rings. The predicted octanol–water partition coefficient (Wildman–Crippen LogP) is 7.71. The lowest BCUT2D eigenvalue weighted by atomic mass is 9.80. The minimum absolute atomic E-state index is 0.0679. The minimum Gasteiger partial charge on any atom is -0.505 e. The molecule has 0 saturated carbocycles. The molecule has 0 fully saturated rings. The molecule has 0 heterocycles. The zero-order valence-electron chi connectivity index (χ0n) is 15.5. The number of nitrogens with zero attached hydrogens (tertiary/aromatic N) is 2. The number of hydrogen-bond donors (Lipinski definition) is 1. The van der Waals surface area contributed by atoms with Gasteiger partial charge in [-0.05, 0) is 40.7 Å². The van der Waals surface area contributed by atoms with Crippen molar-refractivity contribution in [2.75, 3.05) is 0 Å². The Labute approximate surface area is 159 Å². The first-order valence-electron chi connectivity index (χ1n) is 8.14. The van der Waals surface area contributed by atoms with Crippen molar-refractivity contribution >= 4 is 34.6 Å². The summed E-state index contributed by atoms with van der Waals surface area (Å²) in [6.07, 6.45) is 0. The van der Waals surface area contributed by atoms with Gasteiger partial charge in [0.05, 0.1) is 15.7 Å². The van der Waals surface area contributed by atoms with Gasteiger partial charge in [0, 0.05) is 5.56 Å². The molecule has 0 unspecified atom stereocenters. The van der Waals surface area contributed by atoms with Crippen LogP contribution in [0.3, 0.4) is 0 Å². The topological polar surface area (TPSA) is 45.0 Å². The normalized spacial score (nSPS) is 12.8. The molecule has 0 radical (unpaired) electrons. The summed E-state index contributed by atoms with van der Waals surface area (Å²) in [5.41, 5.74) is 2.69. The van der Waals surface area contributed by atoms with Crippen LogP contribution in [0.15, 0.2) is 40.6 Å². The van der Waals surface area contributed by atoms with Gasteiger partial charge in [-0.2, -0.15) is 5.11 Å². The van der Waals surface area contributed by atoms with E-state index in [-0.39, 0.29) is 16.6 Å². The smallest absolute Gasteiger partial charge is 0.146 e. The molecule has 2 aromatic carbocycles. The number of halogens is 2. The van der Waals surface area contributed by atoms with Gasteiger partial charge in [0.25, 0.3) is 0 Å². The molecule has 5 heteroatoms. The fraction of sp³-hybridized carbons (Fsp3) is 0.400. The van der Waals surface area contributed by atoms with Crippen molar-refractivity contribution in [1.29, 1.82) is 0 Å². The van der Waals surface area contributed by atoms with Crippen LogP contribution >= 0.6 is 23.2 Å². The Balaban J connectivity index is 2.55. The van der Waals surface area contributed by atoms with Gasteiger partial charge in [0.1, 0.15) is 11.4 Å². The average molecular weight is 379 g/mol. The van der Waals surface area contributed by atoms with Gasteiger partial charge < -0.3 is 5.11 Å². The molecule has 1 N–H and O–H groups in total. The van der Waals surface area contributed by atoms with E-state index in [4.69, 9.17) is 23.2 Å². The molecule has 0 spiro atoms. The summed E-state index contributed by atoms with van der Waals surface area (Å²) in [5.74, 6) is 0.157. The first-order valence-corrected chi connectivity index (χ1v) is 8.90. The zero-order valence-corrected chi connectivity index (χ0v) is 17.0. The van der Waals surface area contributed by atoms with E-state index in [1.54, 1.807) is 18.2 Å². The summed E-state index contributed by atoms with van der Waals surface area (Å²) in [6, 6.07) is 8.97. The number of aromatic hydroxyl groups is 1. The fourth-order valence-electron chi connectivity index (χ4n) is 2.36. The van der Waals surface area contributed by atoms with E-state index < -0.39 is 0 Å². The van der Waals surface area contributed by atoms with Crippen LogP contribution in [0, 0.1) is 0 Å². The highest BCUT2D eigenvalue weighted by Crippen LogP contribution is 2.42. The van der Waals surface area contributed by atoms with Gasteiger partial charge in [-0.3, -0.25) is 0 Å². The third kappa shape index (κ3) is 4.74. The molecule has 0 amide bonds. The first kappa shape index (κ1) is 19.7. The Kier molecular flexibility index (Phi) is 5.50. The lowest BCUT2D eigenvalue weighted by Gasteiger charge is -2.26. The maximum absolute atomic E-state index is 10.7. The zero-order chi connectivity index (χ0) is 19.0. The number of hydrogen-bond acceptors (Lipinski definition) is 3. The molecule has 25 heavy (non-hydrogen) atoms. The Bertz CT molecular complexity index is 816. The molecule has 0 atom stereocenters. The van der Waals surface area contributed by atoms with Crippen LogP contribution in [0.4, 0.5) is 11.4 Å². The number of rotatable bonds is 2. The second kappa shape index (κ2) is 6.97. The van der Waals surface area contributed by atoms with Crippen molar-refractivity contribution in [2.24, 2.45) is 10.2 Å². The van der Waals surface area contributed by atoms with E-state index in [0.29, 0.717) is 21.4 Å². The molecule has 0 aromatic heterocycles. The van der Waals surface area contributed by atoms with E-state index >= 15 is 0 Å². The van der Waals surface area contributed by atoms with Crippen molar-refractivity contribution in [3.8, 4) is 5.75 Å². The quantitative estimate of drug-likeness (QED) is 0.534. The fourth-order valence-corrected chi connectivity index (χ4v) is 2.65. The van der Waals surface area contributed by atoms with Crippen LogP contribution in [-0.4, -0.2) is 5.11 Å². The van der Waals surface area contributed by atoms with E-state index in [1.807, 2.05) is 12.1 Å². The first-order chi connectivity index (χ1) is 11.4. The van der Waals surface area contributed by atoms with E-state index in [2.05, 4.69) is 51.8 Å². The van der Waals surface area contributed by atoms with E-state index in [0.717, 1.165) is 11.1 Å². The molecular formula is C20H24Cl2N2O. The molecule has 2 rings (SSSR count).